The highest BCUT2D eigenvalue weighted by molar-refractivity contribution is 14.1. The molecule has 3 aromatic rings. The number of benzene rings is 1. The van der Waals surface area contributed by atoms with Gasteiger partial charge in [0.1, 0.15) is 5.69 Å². The summed E-state index contributed by atoms with van der Waals surface area (Å²) in [6.07, 6.45) is 3.77. The molecule has 0 N–H and O–H groups in total. The van der Waals surface area contributed by atoms with Crippen LogP contribution < -0.4 is 4.90 Å². The van der Waals surface area contributed by atoms with Gasteiger partial charge in [0.25, 0.3) is 5.91 Å². The molecule has 2 aromatic heterocycles. The Morgan fingerprint density at radius 3 is 2.68 bits per heavy atom. The fourth-order valence-corrected chi connectivity index (χ4v) is 4.26. The van der Waals surface area contributed by atoms with Crippen molar-refractivity contribution in [1.29, 1.82) is 0 Å². The van der Waals surface area contributed by atoms with E-state index in [0.29, 0.717) is 5.69 Å². The second-order valence-electron chi connectivity index (χ2n) is 5.84. The summed E-state index contributed by atoms with van der Waals surface area (Å²) in [6, 6.07) is 12.0. The molecule has 128 valence electrons. The molecule has 0 saturated carbocycles. The predicted octanol–water partition coefficient (Wildman–Crippen LogP) is 3.50. The van der Waals surface area contributed by atoms with Crippen LogP contribution in [-0.4, -0.2) is 46.5 Å². The molecular weight excluding hydrogens is 447 g/mol. The van der Waals surface area contributed by atoms with Gasteiger partial charge in [0, 0.05) is 53.2 Å². The summed E-state index contributed by atoms with van der Waals surface area (Å²) in [6.45, 7) is 3.08. The monoisotopic (exact) mass is 464 g/mol. The molecule has 7 heteroatoms. The third-order valence-corrected chi connectivity index (χ3v) is 5.81. The number of rotatable bonds is 3. The first-order valence-electron chi connectivity index (χ1n) is 8.09. The Balaban J connectivity index is 1.50. The highest BCUT2D eigenvalue weighted by atomic mass is 127. The number of nitrogens with zero attached hydrogens (tertiary/aromatic N) is 4. The SMILES string of the molecule is O=C(c1cccn1-c1cccc(I)c1)N1CCN(c2nccs2)CC1. The van der Waals surface area contributed by atoms with E-state index in [1.54, 1.807) is 11.3 Å². The summed E-state index contributed by atoms with van der Waals surface area (Å²) in [5.74, 6) is 0.0858. The third kappa shape index (κ3) is 3.43. The van der Waals surface area contributed by atoms with Gasteiger partial charge in [-0.25, -0.2) is 4.98 Å². The molecule has 0 aliphatic carbocycles. The standard InChI is InChI=1S/C18H17IN4OS/c19-14-3-1-4-15(13-14)23-7-2-5-16(23)17(24)21-8-10-22(11-9-21)18-20-6-12-25-18/h1-7,12-13H,8-11H2. The Hall–Kier alpha value is -1.87. The van der Waals surface area contributed by atoms with Gasteiger partial charge in [0.2, 0.25) is 0 Å². The van der Waals surface area contributed by atoms with Crippen molar-refractivity contribution in [2.24, 2.45) is 0 Å². The van der Waals surface area contributed by atoms with Gasteiger partial charge in [-0.3, -0.25) is 4.79 Å². The lowest BCUT2D eigenvalue weighted by molar-refractivity contribution is 0.0739. The zero-order valence-electron chi connectivity index (χ0n) is 13.5. The highest BCUT2D eigenvalue weighted by Crippen LogP contribution is 2.21. The van der Waals surface area contributed by atoms with Crippen molar-refractivity contribution in [2.75, 3.05) is 31.1 Å². The minimum atomic E-state index is 0.0858. The molecule has 25 heavy (non-hydrogen) atoms. The normalized spacial score (nSPS) is 14.8. The fourth-order valence-electron chi connectivity index (χ4n) is 3.04. The van der Waals surface area contributed by atoms with E-state index >= 15 is 0 Å². The van der Waals surface area contributed by atoms with Gasteiger partial charge in [0.05, 0.1) is 0 Å². The largest absolute Gasteiger partial charge is 0.345 e. The van der Waals surface area contributed by atoms with Crippen LogP contribution >= 0.6 is 33.9 Å². The quantitative estimate of drug-likeness (QED) is 0.558. The zero-order chi connectivity index (χ0) is 17.2. The average Bonchev–Trinajstić information content (AvgIpc) is 3.33. The minimum Gasteiger partial charge on any atom is -0.345 e. The first kappa shape index (κ1) is 16.6. The summed E-state index contributed by atoms with van der Waals surface area (Å²) in [5.41, 5.74) is 1.73. The highest BCUT2D eigenvalue weighted by Gasteiger charge is 2.25. The van der Waals surface area contributed by atoms with Gasteiger partial charge in [-0.2, -0.15) is 0 Å². The van der Waals surface area contributed by atoms with Crippen molar-refractivity contribution in [3.63, 3.8) is 0 Å². The van der Waals surface area contributed by atoms with Crippen LogP contribution in [0, 0.1) is 3.57 Å². The van der Waals surface area contributed by atoms with Crippen LogP contribution in [0.1, 0.15) is 10.5 Å². The van der Waals surface area contributed by atoms with E-state index in [-0.39, 0.29) is 5.91 Å². The maximum atomic E-state index is 13.0. The lowest BCUT2D eigenvalue weighted by Crippen LogP contribution is -2.49. The van der Waals surface area contributed by atoms with Gasteiger partial charge in [-0.05, 0) is 52.9 Å². The van der Waals surface area contributed by atoms with Gasteiger partial charge >= 0.3 is 0 Å². The van der Waals surface area contributed by atoms with Crippen LogP contribution in [0.5, 0.6) is 0 Å². The second-order valence-corrected chi connectivity index (χ2v) is 7.96. The molecule has 1 fully saturated rings. The number of anilines is 1. The Morgan fingerprint density at radius 2 is 1.96 bits per heavy atom. The molecule has 3 heterocycles. The van der Waals surface area contributed by atoms with E-state index in [1.807, 2.05) is 57.6 Å². The maximum Gasteiger partial charge on any atom is 0.270 e. The molecule has 1 aromatic carbocycles. The Labute approximate surface area is 164 Å². The third-order valence-electron chi connectivity index (χ3n) is 4.31. The number of piperazine rings is 1. The molecule has 0 unspecified atom stereocenters. The van der Waals surface area contributed by atoms with Crippen molar-refractivity contribution in [3.05, 3.63) is 63.4 Å². The van der Waals surface area contributed by atoms with Crippen LogP contribution in [0.2, 0.25) is 0 Å². The molecule has 5 nitrogen and oxygen atoms in total. The molecule has 4 rings (SSSR count). The van der Waals surface area contributed by atoms with Crippen molar-refractivity contribution in [1.82, 2.24) is 14.5 Å². The smallest absolute Gasteiger partial charge is 0.270 e. The number of thiazole rings is 1. The second kappa shape index (κ2) is 7.17. The van der Waals surface area contributed by atoms with Crippen molar-refractivity contribution >= 4 is 45.0 Å². The van der Waals surface area contributed by atoms with Crippen LogP contribution in [-0.2, 0) is 0 Å². The Bertz CT molecular complexity index is 869. The summed E-state index contributed by atoms with van der Waals surface area (Å²) in [4.78, 5) is 21.5. The number of amides is 1. The van der Waals surface area contributed by atoms with Gasteiger partial charge in [0.15, 0.2) is 5.13 Å². The van der Waals surface area contributed by atoms with E-state index in [1.165, 1.54) is 0 Å². The minimum absolute atomic E-state index is 0.0858. The topological polar surface area (TPSA) is 41.4 Å². The Morgan fingerprint density at radius 1 is 1.12 bits per heavy atom. The first-order valence-corrected chi connectivity index (χ1v) is 10.1. The number of aromatic nitrogens is 2. The van der Waals surface area contributed by atoms with Crippen molar-refractivity contribution in [3.8, 4) is 5.69 Å². The molecule has 1 saturated heterocycles. The Kier molecular flexibility index (Phi) is 4.76. The van der Waals surface area contributed by atoms with Crippen LogP contribution in [0.15, 0.2) is 54.2 Å². The van der Waals surface area contributed by atoms with Gasteiger partial charge < -0.3 is 14.4 Å². The number of carbonyl (C=O) groups excluding carboxylic acids is 1. The zero-order valence-corrected chi connectivity index (χ0v) is 16.5. The summed E-state index contributed by atoms with van der Waals surface area (Å²) >= 11 is 3.94. The molecule has 1 aliphatic heterocycles. The van der Waals surface area contributed by atoms with E-state index in [9.17, 15) is 4.79 Å². The molecule has 0 atom stereocenters. The number of carbonyl (C=O) groups is 1. The van der Waals surface area contributed by atoms with E-state index in [2.05, 4.69) is 38.5 Å². The maximum absolute atomic E-state index is 13.0. The lowest BCUT2D eigenvalue weighted by Gasteiger charge is -2.34. The molecule has 0 radical (unpaired) electrons. The summed E-state index contributed by atoms with van der Waals surface area (Å²) in [5, 5.41) is 3.02. The first-order chi connectivity index (χ1) is 12.2. The van der Waals surface area contributed by atoms with Crippen molar-refractivity contribution < 1.29 is 4.79 Å². The lowest BCUT2D eigenvalue weighted by atomic mass is 10.2. The van der Waals surface area contributed by atoms with Gasteiger partial charge in [-0.1, -0.05) is 6.07 Å². The van der Waals surface area contributed by atoms with E-state index < -0.39 is 0 Å². The predicted molar refractivity (Wildman–Crippen MR) is 109 cm³/mol. The van der Waals surface area contributed by atoms with Crippen LogP contribution in [0.3, 0.4) is 0 Å². The summed E-state index contributed by atoms with van der Waals surface area (Å²) < 4.78 is 3.12. The van der Waals surface area contributed by atoms with Crippen LogP contribution in [0.4, 0.5) is 5.13 Å². The molecule has 0 spiro atoms. The molecule has 0 bridgehead atoms. The fraction of sp³-hybridized carbons (Fsp3) is 0.222. The molecule has 1 amide bonds. The average molecular weight is 464 g/mol. The molecule has 1 aliphatic rings. The van der Waals surface area contributed by atoms with Crippen LogP contribution in [0.25, 0.3) is 5.69 Å². The van der Waals surface area contributed by atoms with E-state index in [0.717, 1.165) is 40.6 Å². The van der Waals surface area contributed by atoms with Gasteiger partial charge in [-0.15, -0.1) is 11.3 Å². The number of hydrogen-bond acceptors (Lipinski definition) is 4. The molecular formula is C18H17IN4OS. The number of hydrogen-bond donors (Lipinski definition) is 0. The summed E-state index contributed by atoms with van der Waals surface area (Å²) in [7, 11) is 0. The van der Waals surface area contributed by atoms with E-state index in [4.69, 9.17) is 0 Å². The number of halogens is 1. The van der Waals surface area contributed by atoms with Crippen molar-refractivity contribution in [2.45, 2.75) is 0 Å².